The number of rotatable bonds is 9. The summed E-state index contributed by atoms with van der Waals surface area (Å²) in [6, 6.07) is 9.12. The van der Waals surface area contributed by atoms with Crippen molar-refractivity contribution in [2.45, 2.75) is 6.92 Å². The number of anilines is 1. The molecule has 0 atom stereocenters. The van der Waals surface area contributed by atoms with Gasteiger partial charge in [0.1, 0.15) is 5.56 Å². The molecule has 0 saturated carbocycles. The van der Waals surface area contributed by atoms with Crippen LogP contribution in [0.15, 0.2) is 36.4 Å². The van der Waals surface area contributed by atoms with E-state index >= 15 is 0 Å². The summed E-state index contributed by atoms with van der Waals surface area (Å²) in [5.74, 6) is -1.01. The van der Waals surface area contributed by atoms with E-state index in [-0.39, 0.29) is 23.7 Å². The van der Waals surface area contributed by atoms with Crippen LogP contribution in [0.3, 0.4) is 0 Å². The van der Waals surface area contributed by atoms with E-state index in [4.69, 9.17) is 23.7 Å². The average molecular weight is 417 g/mol. The number of benzene rings is 2. The van der Waals surface area contributed by atoms with Gasteiger partial charge in [0.25, 0.3) is 5.91 Å². The van der Waals surface area contributed by atoms with E-state index in [2.05, 4.69) is 5.32 Å². The van der Waals surface area contributed by atoms with E-state index in [0.717, 1.165) is 0 Å². The molecule has 9 nitrogen and oxygen atoms in total. The van der Waals surface area contributed by atoms with Crippen molar-refractivity contribution >= 4 is 23.5 Å². The molecule has 0 heterocycles. The Balaban J connectivity index is 1.99. The maximum Gasteiger partial charge on any atom is 0.342 e. The number of hydrogen-bond acceptors (Lipinski definition) is 8. The first-order chi connectivity index (χ1) is 14.4. The highest BCUT2D eigenvalue weighted by molar-refractivity contribution is 5.98. The molecule has 2 aromatic rings. The molecule has 1 amide bonds. The monoisotopic (exact) mass is 417 g/mol. The van der Waals surface area contributed by atoms with E-state index in [1.54, 1.807) is 19.1 Å². The summed E-state index contributed by atoms with van der Waals surface area (Å²) in [6.07, 6.45) is 0. The average Bonchev–Trinajstić information content (AvgIpc) is 2.76. The highest BCUT2D eigenvalue weighted by atomic mass is 16.5. The number of ether oxygens (including phenoxy) is 5. The Morgan fingerprint density at radius 3 is 2.03 bits per heavy atom. The molecule has 0 saturated heterocycles. The van der Waals surface area contributed by atoms with Gasteiger partial charge in [-0.25, -0.2) is 9.59 Å². The van der Waals surface area contributed by atoms with Crippen LogP contribution in [-0.4, -0.2) is 52.4 Å². The van der Waals surface area contributed by atoms with Crippen LogP contribution in [0.5, 0.6) is 17.2 Å². The van der Waals surface area contributed by atoms with Crippen LogP contribution in [0.4, 0.5) is 5.69 Å². The zero-order valence-corrected chi connectivity index (χ0v) is 17.1. The minimum Gasteiger partial charge on any atom is -0.493 e. The Morgan fingerprint density at radius 2 is 1.47 bits per heavy atom. The molecule has 0 aliphatic carbocycles. The van der Waals surface area contributed by atoms with E-state index in [0.29, 0.717) is 17.0 Å². The molecule has 0 radical (unpaired) electrons. The molecule has 30 heavy (non-hydrogen) atoms. The van der Waals surface area contributed by atoms with Crippen molar-refractivity contribution in [3.63, 3.8) is 0 Å². The van der Waals surface area contributed by atoms with Gasteiger partial charge in [-0.2, -0.15) is 0 Å². The van der Waals surface area contributed by atoms with Crippen LogP contribution < -0.4 is 19.5 Å². The topological polar surface area (TPSA) is 109 Å². The molecule has 0 unspecified atom stereocenters. The van der Waals surface area contributed by atoms with Gasteiger partial charge in [0.2, 0.25) is 5.75 Å². The lowest BCUT2D eigenvalue weighted by atomic mass is 10.1. The first kappa shape index (κ1) is 22.5. The van der Waals surface area contributed by atoms with Crippen LogP contribution in [0, 0.1) is 0 Å². The summed E-state index contributed by atoms with van der Waals surface area (Å²) in [5, 5.41) is 2.57. The zero-order chi connectivity index (χ0) is 22.1. The number of carbonyl (C=O) groups excluding carboxylic acids is 3. The number of carbonyl (C=O) groups is 3. The van der Waals surface area contributed by atoms with Crippen molar-refractivity contribution in [1.82, 2.24) is 0 Å². The van der Waals surface area contributed by atoms with Crippen LogP contribution in [0.1, 0.15) is 27.6 Å². The largest absolute Gasteiger partial charge is 0.493 e. The maximum atomic E-state index is 12.4. The summed E-state index contributed by atoms with van der Waals surface area (Å²) in [7, 11) is 4.25. The first-order valence-corrected chi connectivity index (χ1v) is 8.98. The van der Waals surface area contributed by atoms with Gasteiger partial charge in [-0.05, 0) is 43.3 Å². The fourth-order valence-corrected chi connectivity index (χ4v) is 2.57. The fraction of sp³-hybridized carbons (Fsp3) is 0.286. The van der Waals surface area contributed by atoms with Gasteiger partial charge in [-0.3, -0.25) is 4.79 Å². The highest BCUT2D eigenvalue weighted by Crippen LogP contribution is 2.39. The van der Waals surface area contributed by atoms with E-state index in [9.17, 15) is 14.4 Å². The summed E-state index contributed by atoms with van der Waals surface area (Å²) in [5.41, 5.74) is 0.886. The molecule has 0 bridgehead atoms. The van der Waals surface area contributed by atoms with Gasteiger partial charge in [0, 0.05) is 5.69 Å². The van der Waals surface area contributed by atoms with Gasteiger partial charge >= 0.3 is 11.9 Å². The molecule has 160 valence electrons. The van der Waals surface area contributed by atoms with Crippen molar-refractivity contribution in [2.75, 3.05) is 39.9 Å². The summed E-state index contributed by atoms with van der Waals surface area (Å²) >= 11 is 0. The number of esters is 2. The van der Waals surface area contributed by atoms with Crippen LogP contribution in [-0.2, 0) is 14.3 Å². The normalized spacial score (nSPS) is 10.0. The Kier molecular flexibility index (Phi) is 8.04. The van der Waals surface area contributed by atoms with Crippen molar-refractivity contribution in [3.05, 3.63) is 47.5 Å². The first-order valence-electron chi connectivity index (χ1n) is 8.98. The highest BCUT2D eigenvalue weighted by Gasteiger charge is 2.22. The van der Waals surface area contributed by atoms with Crippen LogP contribution in [0.2, 0.25) is 0 Å². The lowest BCUT2D eigenvalue weighted by molar-refractivity contribution is -0.119. The number of methoxy groups -OCH3 is 3. The molecular formula is C21H23NO8. The summed E-state index contributed by atoms with van der Waals surface area (Å²) < 4.78 is 25.6. The Labute approximate surface area is 173 Å². The van der Waals surface area contributed by atoms with Crippen molar-refractivity contribution in [1.29, 1.82) is 0 Å². The lowest BCUT2D eigenvalue weighted by Crippen LogP contribution is -2.21. The van der Waals surface area contributed by atoms with Gasteiger partial charge in [0.15, 0.2) is 18.1 Å². The quantitative estimate of drug-likeness (QED) is 0.620. The second kappa shape index (κ2) is 10.7. The molecule has 0 aliphatic heterocycles. The van der Waals surface area contributed by atoms with Crippen molar-refractivity contribution in [3.8, 4) is 17.2 Å². The van der Waals surface area contributed by atoms with E-state index < -0.39 is 24.5 Å². The predicted molar refractivity (Wildman–Crippen MR) is 107 cm³/mol. The van der Waals surface area contributed by atoms with E-state index in [1.165, 1.54) is 45.6 Å². The minimum absolute atomic E-state index is 0.0849. The molecule has 2 aromatic carbocycles. The molecule has 0 aliphatic rings. The third-order valence-corrected chi connectivity index (χ3v) is 3.94. The molecule has 0 spiro atoms. The number of amides is 1. The molecular weight excluding hydrogens is 394 g/mol. The molecule has 0 aromatic heterocycles. The van der Waals surface area contributed by atoms with Crippen molar-refractivity contribution < 1.29 is 38.1 Å². The van der Waals surface area contributed by atoms with Gasteiger partial charge in [-0.15, -0.1) is 0 Å². The fourth-order valence-electron chi connectivity index (χ4n) is 2.57. The third-order valence-electron chi connectivity index (χ3n) is 3.94. The second-order valence-corrected chi connectivity index (χ2v) is 5.80. The molecule has 9 heteroatoms. The Morgan fingerprint density at radius 1 is 0.800 bits per heavy atom. The van der Waals surface area contributed by atoms with Gasteiger partial charge in [0.05, 0.1) is 33.5 Å². The Bertz CT molecular complexity index is 908. The number of hydrogen-bond donors (Lipinski definition) is 1. The van der Waals surface area contributed by atoms with Crippen LogP contribution >= 0.6 is 0 Å². The minimum atomic E-state index is -0.763. The smallest absolute Gasteiger partial charge is 0.342 e. The third kappa shape index (κ3) is 5.40. The molecule has 1 N–H and O–H groups in total. The van der Waals surface area contributed by atoms with Gasteiger partial charge in [-0.1, -0.05) is 0 Å². The van der Waals surface area contributed by atoms with Crippen molar-refractivity contribution in [2.24, 2.45) is 0 Å². The van der Waals surface area contributed by atoms with Gasteiger partial charge < -0.3 is 29.0 Å². The second-order valence-electron chi connectivity index (χ2n) is 5.80. The standard InChI is InChI=1S/C21H23NO8/c1-5-29-20(24)13-6-8-14(9-7-13)22-17(23)12-30-21(25)15-10-11-16(26-2)19(28-4)18(15)27-3/h6-11H,5,12H2,1-4H3,(H,22,23). The summed E-state index contributed by atoms with van der Waals surface area (Å²) in [6.45, 7) is 1.47. The maximum absolute atomic E-state index is 12.4. The molecule has 2 rings (SSSR count). The van der Waals surface area contributed by atoms with E-state index in [1.807, 2.05) is 0 Å². The predicted octanol–water partition coefficient (Wildman–Crippen LogP) is 2.68. The summed E-state index contributed by atoms with van der Waals surface area (Å²) in [4.78, 5) is 36.1. The lowest BCUT2D eigenvalue weighted by Gasteiger charge is -2.15. The zero-order valence-electron chi connectivity index (χ0n) is 17.1. The van der Waals surface area contributed by atoms with Crippen LogP contribution in [0.25, 0.3) is 0 Å². The molecule has 0 fully saturated rings. The number of nitrogens with one attached hydrogen (secondary N) is 1. The SMILES string of the molecule is CCOC(=O)c1ccc(NC(=O)COC(=O)c2ccc(OC)c(OC)c2OC)cc1. The Hall–Kier alpha value is -3.75.